The number of piperazine rings is 1. The third kappa shape index (κ3) is 5.63. The predicted octanol–water partition coefficient (Wildman–Crippen LogP) is 2.79. The Morgan fingerprint density at radius 1 is 1.04 bits per heavy atom. The highest BCUT2D eigenvalue weighted by molar-refractivity contribution is 5.92. The molecule has 0 bridgehead atoms. The van der Waals surface area contributed by atoms with Gasteiger partial charge in [0.05, 0.1) is 6.54 Å². The van der Waals surface area contributed by atoms with E-state index in [0.29, 0.717) is 39.1 Å². The highest BCUT2D eigenvalue weighted by atomic mass is 19.1. The molecule has 0 aliphatic carbocycles. The van der Waals surface area contributed by atoms with Crippen molar-refractivity contribution in [3.05, 3.63) is 66.0 Å². The lowest BCUT2D eigenvalue weighted by Crippen LogP contribution is -2.51. The van der Waals surface area contributed by atoms with Crippen molar-refractivity contribution in [2.45, 2.75) is 13.3 Å². The molecule has 0 spiro atoms. The van der Waals surface area contributed by atoms with Crippen molar-refractivity contribution in [3.63, 3.8) is 0 Å². The average molecular weight is 383 g/mol. The molecule has 2 aromatic carbocycles. The van der Waals surface area contributed by atoms with Gasteiger partial charge in [0.1, 0.15) is 5.82 Å². The van der Waals surface area contributed by atoms with Crippen LogP contribution in [0.15, 0.2) is 54.6 Å². The summed E-state index contributed by atoms with van der Waals surface area (Å²) in [5.74, 6) is -0.447. The molecule has 0 radical (unpaired) electrons. The quantitative estimate of drug-likeness (QED) is 0.835. The van der Waals surface area contributed by atoms with Gasteiger partial charge in [0.2, 0.25) is 11.8 Å². The van der Waals surface area contributed by atoms with Crippen LogP contribution in [-0.4, -0.2) is 54.3 Å². The van der Waals surface area contributed by atoms with Crippen LogP contribution in [0.3, 0.4) is 0 Å². The number of halogens is 1. The van der Waals surface area contributed by atoms with Gasteiger partial charge in [-0.05, 0) is 36.2 Å². The molecule has 6 heteroatoms. The molecular formula is C22H26FN3O2. The molecule has 2 aromatic rings. The van der Waals surface area contributed by atoms with Gasteiger partial charge in [-0.15, -0.1) is 0 Å². The van der Waals surface area contributed by atoms with Gasteiger partial charge in [-0.1, -0.05) is 37.3 Å². The Bertz CT molecular complexity index is 804. The number of anilines is 1. The molecule has 0 aromatic heterocycles. The molecule has 1 N–H and O–H groups in total. The third-order valence-electron chi connectivity index (χ3n) is 4.96. The second-order valence-electron chi connectivity index (χ2n) is 7.25. The number of nitrogens with one attached hydrogen (secondary N) is 1. The number of rotatable bonds is 6. The molecule has 148 valence electrons. The summed E-state index contributed by atoms with van der Waals surface area (Å²) < 4.78 is 13.3. The minimum absolute atomic E-state index is 0.0505. The smallest absolute Gasteiger partial charge is 0.238 e. The number of para-hydroxylation sites is 1. The summed E-state index contributed by atoms with van der Waals surface area (Å²) in [6.07, 6.45) is 0.524. The highest BCUT2D eigenvalue weighted by Crippen LogP contribution is 2.14. The number of benzene rings is 2. The van der Waals surface area contributed by atoms with Gasteiger partial charge in [-0.3, -0.25) is 14.5 Å². The number of carbonyl (C=O) groups excluding carboxylic acids is 2. The van der Waals surface area contributed by atoms with Crippen LogP contribution in [0.4, 0.5) is 10.1 Å². The zero-order valence-corrected chi connectivity index (χ0v) is 16.1. The van der Waals surface area contributed by atoms with E-state index in [1.54, 1.807) is 6.07 Å². The zero-order valence-electron chi connectivity index (χ0n) is 16.1. The van der Waals surface area contributed by atoms with Gasteiger partial charge >= 0.3 is 0 Å². The van der Waals surface area contributed by atoms with E-state index >= 15 is 0 Å². The van der Waals surface area contributed by atoms with E-state index in [2.05, 4.69) is 10.2 Å². The Kier molecular flexibility index (Phi) is 6.76. The fourth-order valence-corrected chi connectivity index (χ4v) is 3.47. The van der Waals surface area contributed by atoms with Gasteiger partial charge < -0.3 is 10.2 Å². The number of amides is 2. The first-order valence-corrected chi connectivity index (χ1v) is 9.62. The summed E-state index contributed by atoms with van der Waals surface area (Å²) in [5.41, 5.74) is 1.62. The summed E-state index contributed by atoms with van der Waals surface area (Å²) in [4.78, 5) is 28.8. The van der Waals surface area contributed by atoms with E-state index in [0.717, 1.165) is 11.3 Å². The molecule has 1 atom stereocenters. The Morgan fingerprint density at radius 2 is 1.75 bits per heavy atom. The Balaban J connectivity index is 1.44. The predicted molar refractivity (Wildman–Crippen MR) is 107 cm³/mol. The second-order valence-corrected chi connectivity index (χ2v) is 7.25. The molecule has 1 aliphatic rings. The number of hydrogen-bond acceptors (Lipinski definition) is 3. The maximum absolute atomic E-state index is 13.3. The van der Waals surface area contributed by atoms with Crippen LogP contribution in [0.2, 0.25) is 0 Å². The van der Waals surface area contributed by atoms with Crippen molar-refractivity contribution in [1.82, 2.24) is 9.80 Å². The van der Waals surface area contributed by atoms with Crippen LogP contribution in [0.5, 0.6) is 0 Å². The lowest BCUT2D eigenvalue weighted by atomic mass is 9.99. The fourth-order valence-electron chi connectivity index (χ4n) is 3.47. The first-order chi connectivity index (χ1) is 13.5. The monoisotopic (exact) mass is 383 g/mol. The van der Waals surface area contributed by atoms with Gasteiger partial charge in [0.25, 0.3) is 0 Å². The van der Waals surface area contributed by atoms with Crippen molar-refractivity contribution in [1.29, 1.82) is 0 Å². The second kappa shape index (κ2) is 9.46. The van der Waals surface area contributed by atoms with Crippen molar-refractivity contribution >= 4 is 17.5 Å². The van der Waals surface area contributed by atoms with Crippen LogP contribution in [0.25, 0.3) is 0 Å². The van der Waals surface area contributed by atoms with Crippen molar-refractivity contribution in [2.75, 3.05) is 38.0 Å². The lowest BCUT2D eigenvalue weighted by Gasteiger charge is -2.35. The molecular weight excluding hydrogens is 357 g/mol. The summed E-state index contributed by atoms with van der Waals surface area (Å²) >= 11 is 0. The third-order valence-corrected chi connectivity index (χ3v) is 4.96. The zero-order chi connectivity index (χ0) is 19.9. The fraction of sp³-hybridized carbons (Fsp3) is 0.364. The summed E-state index contributed by atoms with van der Waals surface area (Å²) in [7, 11) is 0. The molecule has 2 amide bonds. The van der Waals surface area contributed by atoms with Crippen molar-refractivity contribution < 1.29 is 14.0 Å². The van der Waals surface area contributed by atoms with E-state index in [-0.39, 0.29) is 23.5 Å². The minimum atomic E-state index is -0.278. The Hall–Kier alpha value is -2.73. The number of hydrogen-bond donors (Lipinski definition) is 1. The van der Waals surface area contributed by atoms with Crippen LogP contribution < -0.4 is 5.32 Å². The summed E-state index contributed by atoms with van der Waals surface area (Å²) in [5, 5.41) is 2.88. The molecule has 28 heavy (non-hydrogen) atoms. The van der Waals surface area contributed by atoms with E-state index < -0.39 is 0 Å². The SMILES string of the molecule is CC(Cc1cccc(F)c1)C(=O)N1CCN(CC(=O)Nc2ccccc2)CC1. The molecule has 1 unspecified atom stereocenters. The largest absolute Gasteiger partial charge is 0.340 e. The van der Waals surface area contributed by atoms with E-state index in [1.807, 2.05) is 48.2 Å². The van der Waals surface area contributed by atoms with Crippen LogP contribution in [0.1, 0.15) is 12.5 Å². The number of carbonyl (C=O) groups is 2. The van der Waals surface area contributed by atoms with E-state index in [9.17, 15) is 14.0 Å². The highest BCUT2D eigenvalue weighted by Gasteiger charge is 2.25. The van der Waals surface area contributed by atoms with Gasteiger partial charge in [0, 0.05) is 37.8 Å². The summed E-state index contributed by atoms with van der Waals surface area (Å²) in [6, 6.07) is 15.8. The topological polar surface area (TPSA) is 52.7 Å². The first-order valence-electron chi connectivity index (χ1n) is 9.62. The molecule has 1 heterocycles. The van der Waals surface area contributed by atoms with Crippen LogP contribution >= 0.6 is 0 Å². The maximum atomic E-state index is 13.3. The Morgan fingerprint density at radius 3 is 2.43 bits per heavy atom. The average Bonchev–Trinajstić information content (AvgIpc) is 2.68. The molecule has 3 rings (SSSR count). The van der Waals surface area contributed by atoms with Crippen molar-refractivity contribution in [3.8, 4) is 0 Å². The van der Waals surface area contributed by atoms with Gasteiger partial charge in [-0.25, -0.2) is 4.39 Å². The molecule has 1 fully saturated rings. The Labute approximate surface area is 165 Å². The van der Waals surface area contributed by atoms with Gasteiger partial charge in [0.15, 0.2) is 0 Å². The maximum Gasteiger partial charge on any atom is 0.238 e. The normalized spacial score (nSPS) is 15.9. The van der Waals surface area contributed by atoms with E-state index in [4.69, 9.17) is 0 Å². The standard InChI is InChI=1S/C22H26FN3O2/c1-17(14-18-6-5-7-19(23)15-18)22(28)26-12-10-25(11-13-26)16-21(27)24-20-8-3-2-4-9-20/h2-9,15,17H,10-14,16H2,1H3,(H,24,27). The van der Waals surface area contributed by atoms with Crippen molar-refractivity contribution in [2.24, 2.45) is 5.92 Å². The summed E-state index contributed by atoms with van der Waals surface area (Å²) in [6.45, 7) is 4.74. The van der Waals surface area contributed by atoms with Crippen LogP contribution in [-0.2, 0) is 16.0 Å². The molecule has 1 saturated heterocycles. The molecule has 0 saturated carbocycles. The first kappa shape index (κ1) is 20.0. The number of nitrogens with zero attached hydrogens (tertiary/aromatic N) is 2. The molecule has 1 aliphatic heterocycles. The van der Waals surface area contributed by atoms with Crippen LogP contribution in [0, 0.1) is 11.7 Å². The van der Waals surface area contributed by atoms with Gasteiger partial charge in [-0.2, -0.15) is 0 Å². The minimum Gasteiger partial charge on any atom is -0.340 e. The molecule has 5 nitrogen and oxygen atoms in total. The lowest BCUT2D eigenvalue weighted by molar-refractivity contribution is -0.136. The van der Waals surface area contributed by atoms with E-state index in [1.165, 1.54) is 12.1 Å².